The van der Waals surface area contributed by atoms with Crippen LogP contribution in [0.3, 0.4) is 0 Å². The van der Waals surface area contributed by atoms with Crippen molar-refractivity contribution in [2.24, 2.45) is 5.41 Å². The minimum absolute atomic E-state index is 0.0381. The van der Waals surface area contributed by atoms with Crippen LogP contribution >= 0.6 is 0 Å². The van der Waals surface area contributed by atoms with Gasteiger partial charge in [0.2, 0.25) is 0 Å². The van der Waals surface area contributed by atoms with Gasteiger partial charge in [-0.15, -0.1) is 0 Å². The SMILES string of the molecule is CCN(CC1(O)CCC(S(C)(=O)=O)CC1)C(=O)c1ncn(-c2ncc(CC(C)(C)C(F)(F)F)cc2OC)c1C. The monoisotopic (exact) mass is 574 g/mol. The van der Waals surface area contributed by atoms with E-state index in [9.17, 15) is 31.5 Å². The quantitative estimate of drug-likeness (QED) is 0.483. The molecule has 3 rings (SSSR count). The van der Waals surface area contributed by atoms with Gasteiger partial charge in [0, 0.05) is 25.5 Å². The number of rotatable bonds is 9. The molecule has 1 N–H and O–H groups in total. The summed E-state index contributed by atoms with van der Waals surface area (Å²) in [6.45, 7) is 6.03. The fourth-order valence-electron chi connectivity index (χ4n) is 4.90. The van der Waals surface area contributed by atoms with Crippen molar-refractivity contribution in [1.29, 1.82) is 0 Å². The first kappa shape index (κ1) is 30.9. The van der Waals surface area contributed by atoms with Gasteiger partial charge in [0.15, 0.2) is 11.6 Å². The molecule has 0 spiro atoms. The van der Waals surface area contributed by atoms with E-state index in [1.54, 1.807) is 13.8 Å². The van der Waals surface area contributed by atoms with E-state index in [4.69, 9.17) is 4.74 Å². The molecule has 1 fully saturated rings. The average Bonchev–Trinajstić information content (AvgIpc) is 3.21. The number of sulfone groups is 1. The summed E-state index contributed by atoms with van der Waals surface area (Å²) >= 11 is 0. The molecule has 1 aliphatic rings. The number of nitrogens with zero attached hydrogens (tertiary/aromatic N) is 4. The highest BCUT2D eigenvalue weighted by atomic mass is 32.2. The summed E-state index contributed by atoms with van der Waals surface area (Å²) in [5, 5.41) is 10.6. The Morgan fingerprint density at radius 1 is 1.26 bits per heavy atom. The highest BCUT2D eigenvalue weighted by Crippen LogP contribution is 2.41. The van der Waals surface area contributed by atoms with Gasteiger partial charge in [-0.1, -0.05) is 13.8 Å². The molecule has 1 amide bonds. The van der Waals surface area contributed by atoms with E-state index >= 15 is 0 Å². The van der Waals surface area contributed by atoms with Crippen LogP contribution in [0.15, 0.2) is 18.6 Å². The topological polar surface area (TPSA) is 115 Å². The molecule has 0 saturated heterocycles. The maximum atomic E-state index is 13.4. The number of aromatic nitrogens is 3. The van der Waals surface area contributed by atoms with Crippen LogP contribution in [0.2, 0.25) is 0 Å². The smallest absolute Gasteiger partial charge is 0.394 e. The Bertz CT molecular complexity index is 1300. The number of carbonyl (C=O) groups is 1. The molecule has 39 heavy (non-hydrogen) atoms. The van der Waals surface area contributed by atoms with Gasteiger partial charge in [-0.25, -0.2) is 18.4 Å². The largest absolute Gasteiger partial charge is 0.493 e. The third-order valence-electron chi connectivity index (χ3n) is 7.58. The molecule has 218 valence electrons. The zero-order chi connectivity index (χ0) is 29.4. The second-order valence-corrected chi connectivity index (χ2v) is 13.4. The summed E-state index contributed by atoms with van der Waals surface area (Å²) in [4.78, 5) is 23.5. The predicted octanol–water partition coefficient (Wildman–Crippen LogP) is 3.90. The van der Waals surface area contributed by atoms with E-state index < -0.39 is 38.2 Å². The zero-order valence-electron chi connectivity index (χ0n) is 23.2. The molecule has 0 radical (unpaired) electrons. The molecule has 0 unspecified atom stereocenters. The molecule has 9 nitrogen and oxygen atoms in total. The molecule has 1 aliphatic carbocycles. The lowest BCUT2D eigenvalue weighted by Gasteiger charge is -2.38. The van der Waals surface area contributed by atoms with E-state index in [1.165, 1.54) is 41.4 Å². The molecular weight excluding hydrogens is 537 g/mol. The van der Waals surface area contributed by atoms with Crippen molar-refractivity contribution >= 4 is 15.7 Å². The van der Waals surface area contributed by atoms with Crippen molar-refractivity contribution in [3.05, 3.63) is 35.5 Å². The molecule has 0 bridgehead atoms. The van der Waals surface area contributed by atoms with Crippen LogP contribution < -0.4 is 4.74 Å². The maximum Gasteiger partial charge on any atom is 0.394 e. The van der Waals surface area contributed by atoms with Crippen molar-refractivity contribution in [3.63, 3.8) is 0 Å². The second kappa shape index (κ2) is 11.1. The fourth-order valence-corrected chi connectivity index (χ4v) is 5.99. The number of ether oxygens (including phenoxy) is 1. The van der Waals surface area contributed by atoms with Gasteiger partial charge in [0.05, 0.1) is 29.1 Å². The van der Waals surface area contributed by atoms with Gasteiger partial charge in [-0.2, -0.15) is 13.2 Å². The average molecular weight is 575 g/mol. The summed E-state index contributed by atoms with van der Waals surface area (Å²) in [5.41, 5.74) is -2.22. The number of methoxy groups -OCH3 is 1. The van der Waals surface area contributed by atoms with Crippen LogP contribution in [0.4, 0.5) is 13.2 Å². The number of likely N-dealkylation sites (N-methyl/N-ethyl adjacent to an activating group) is 1. The summed E-state index contributed by atoms with van der Waals surface area (Å²) < 4.78 is 70.8. The number of halogens is 3. The van der Waals surface area contributed by atoms with E-state index in [1.807, 2.05) is 0 Å². The van der Waals surface area contributed by atoms with Crippen molar-refractivity contribution < 1.29 is 36.2 Å². The zero-order valence-corrected chi connectivity index (χ0v) is 24.0. The molecule has 0 aliphatic heterocycles. The first-order valence-corrected chi connectivity index (χ1v) is 14.7. The van der Waals surface area contributed by atoms with Crippen molar-refractivity contribution in [1.82, 2.24) is 19.4 Å². The Balaban J connectivity index is 1.82. The lowest BCUT2D eigenvalue weighted by atomic mass is 9.84. The Morgan fingerprint density at radius 2 is 1.87 bits per heavy atom. The lowest BCUT2D eigenvalue weighted by molar-refractivity contribution is -0.211. The van der Waals surface area contributed by atoms with Gasteiger partial charge in [0.25, 0.3) is 5.91 Å². The highest BCUT2D eigenvalue weighted by Gasteiger charge is 2.47. The standard InChI is InChI=1S/C26H37F3N4O5S/c1-7-32(15-25(35)10-8-19(9-11-25)39(6,36)37)23(34)21-17(2)33(16-31-21)22-20(38-5)12-18(14-30-22)13-24(3,4)26(27,28)29/h12,14,16,19,35H,7-11,13,15H2,1-6H3. The molecule has 13 heteroatoms. The van der Waals surface area contributed by atoms with Crippen LogP contribution in [0.1, 0.15) is 68.2 Å². The molecule has 0 atom stereocenters. The van der Waals surface area contributed by atoms with Gasteiger partial charge >= 0.3 is 6.18 Å². The van der Waals surface area contributed by atoms with E-state index in [0.717, 1.165) is 13.8 Å². The lowest BCUT2D eigenvalue weighted by Crippen LogP contribution is -2.49. The van der Waals surface area contributed by atoms with E-state index in [2.05, 4.69) is 9.97 Å². The number of amides is 1. The molecule has 0 aromatic carbocycles. The first-order valence-electron chi connectivity index (χ1n) is 12.8. The number of hydrogen-bond acceptors (Lipinski definition) is 7. The Labute approximate surface area is 227 Å². The van der Waals surface area contributed by atoms with Crippen molar-refractivity contribution in [2.45, 2.75) is 76.8 Å². The number of alkyl halides is 3. The van der Waals surface area contributed by atoms with Gasteiger partial charge in [-0.3, -0.25) is 9.36 Å². The molecule has 2 aromatic heterocycles. The number of imidazole rings is 1. The predicted molar refractivity (Wildman–Crippen MR) is 140 cm³/mol. The summed E-state index contributed by atoms with van der Waals surface area (Å²) in [6.07, 6.45) is 0.462. The van der Waals surface area contributed by atoms with Crippen LogP contribution in [-0.2, 0) is 16.3 Å². The van der Waals surface area contributed by atoms with Crippen molar-refractivity contribution in [2.75, 3.05) is 26.5 Å². The number of pyridine rings is 1. The Kier molecular flexibility index (Phi) is 8.76. The van der Waals surface area contributed by atoms with Crippen LogP contribution in [-0.4, -0.2) is 82.3 Å². The van der Waals surface area contributed by atoms with Crippen LogP contribution in [0, 0.1) is 12.3 Å². The normalized spacial score (nSPS) is 20.6. The first-order chi connectivity index (χ1) is 17.9. The van der Waals surface area contributed by atoms with Gasteiger partial charge < -0.3 is 14.7 Å². The number of hydrogen-bond donors (Lipinski definition) is 1. The summed E-state index contributed by atoms with van der Waals surface area (Å²) in [7, 11) is -1.81. The third-order valence-corrected chi connectivity index (χ3v) is 9.27. The minimum Gasteiger partial charge on any atom is -0.493 e. The second-order valence-electron chi connectivity index (χ2n) is 11.0. The van der Waals surface area contributed by atoms with Crippen LogP contribution in [0.25, 0.3) is 5.82 Å². The maximum absolute atomic E-state index is 13.4. The number of carbonyl (C=O) groups excluding carboxylic acids is 1. The van der Waals surface area contributed by atoms with E-state index in [-0.39, 0.29) is 43.1 Å². The van der Waals surface area contributed by atoms with E-state index in [0.29, 0.717) is 30.6 Å². The van der Waals surface area contributed by atoms with Gasteiger partial charge in [-0.05, 0) is 57.6 Å². The fraction of sp³-hybridized carbons (Fsp3) is 0.654. The Morgan fingerprint density at radius 3 is 2.38 bits per heavy atom. The highest BCUT2D eigenvalue weighted by molar-refractivity contribution is 7.91. The molecule has 1 saturated carbocycles. The minimum atomic E-state index is -4.39. The molecule has 2 heterocycles. The van der Waals surface area contributed by atoms with Crippen LogP contribution in [0.5, 0.6) is 5.75 Å². The third kappa shape index (κ3) is 6.74. The summed E-state index contributed by atoms with van der Waals surface area (Å²) in [6, 6.07) is 1.50. The van der Waals surface area contributed by atoms with Crippen molar-refractivity contribution in [3.8, 4) is 11.6 Å². The number of aliphatic hydroxyl groups is 1. The molecular formula is C26H37F3N4O5S. The molecule has 2 aromatic rings. The van der Waals surface area contributed by atoms with Gasteiger partial charge in [0.1, 0.15) is 21.9 Å². The Hall–Kier alpha value is -2.67. The summed E-state index contributed by atoms with van der Waals surface area (Å²) in [5.74, 6) is 0.0973.